The molecule has 1 amide bonds. The first-order valence-corrected chi connectivity index (χ1v) is 9.04. The number of ether oxygens (including phenoxy) is 1. The van der Waals surface area contributed by atoms with Crippen molar-refractivity contribution in [3.63, 3.8) is 0 Å². The molecule has 1 N–H and O–H groups in total. The zero-order valence-corrected chi connectivity index (χ0v) is 15.1. The molecule has 1 aliphatic carbocycles. The topological polar surface area (TPSA) is 66.8 Å². The third-order valence-electron chi connectivity index (χ3n) is 4.76. The van der Waals surface area contributed by atoms with Crippen molar-refractivity contribution in [2.75, 3.05) is 19.7 Å². The Morgan fingerprint density at radius 1 is 1.07 bits per heavy atom. The van der Waals surface area contributed by atoms with E-state index in [0.717, 1.165) is 22.3 Å². The molecule has 2 aromatic rings. The number of rotatable bonds is 8. The Morgan fingerprint density at radius 3 is 2.22 bits per heavy atom. The van der Waals surface area contributed by atoms with Gasteiger partial charge in [0.1, 0.15) is 13.2 Å². The lowest BCUT2D eigenvalue weighted by molar-refractivity contribution is -0.138. The van der Waals surface area contributed by atoms with Crippen LogP contribution >= 0.6 is 0 Å². The van der Waals surface area contributed by atoms with E-state index in [1.807, 2.05) is 36.4 Å². The molecule has 0 spiro atoms. The molecule has 0 aromatic heterocycles. The summed E-state index contributed by atoms with van der Waals surface area (Å²) in [6.45, 7) is 3.79. The van der Waals surface area contributed by atoms with Gasteiger partial charge < -0.3 is 9.84 Å². The summed E-state index contributed by atoms with van der Waals surface area (Å²) in [7, 11) is 0. The summed E-state index contributed by atoms with van der Waals surface area (Å²) in [5, 5.41) is 9.06. The molecule has 1 aliphatic rings. The van der Waals surface area contributed by atoms with Crippen molar-refractivity contribution in [1.29, 1.82) is 0 Å². The molecule has 2 aromatic carbocycles. The largest absolute Gasteiger partial charge is 0.480 e. The van der Waals surface area contributed by atoms with Crippen LogP contribution in [0.4, 0.5) is 4.79 Å². The number of nitrogens with zero attached hydrogens (tertiary/aromatic N) is 1. The van der Waals surface area contributed by atoms with Crippen LogP contribution in [-0.2, 0) is 9.53 Å². The summed E-state index contributed by atoms with van der Waals surface area (Å²) in [6, 6.07) is 16.2. The Balaban J connectivity index is 1.72. The number of carboxylic acids is 1. The highest BCUT2D eigenvalue weighted by atomic mass is 16.6. The summed E-state index contributed by atoms with van der Waals surface area (Å²) in [4.78, 5) is 24.8. The molecule has 27 heavy (non-hydrogen) atoms. The van der Waals surface area contributed by atoms with Gasteiger partial charge in [0.15, 0.2) is 0 Å². The number of fused-ring (bicyclic) bond motifs is 3. The third-order valence-corrected chi connectivity index (χ3v) is 4.76. The first-order valence-electron chi connectivity index (χ1n) is 9.04. The van der Waals surface area contributed by atoms with Crippen LogP contribution < -0.4 is 0 Å². The van der Waals surface area contributed by atoms with Gasteiger partial charge in [0.2, 0.25) is 0 Å². The van der Waals surface area contributed by atoms with Gasteiger partial charge in [-0.15, -0.1) is 6.58 Å². The van der Waals surface area contributed by atoms with Crippen LogP contribution in [0.25, 0.3) is 11.1 Å². The molecular weight excluding hydrogens is 342 g/mol. The van der Waals surface area contributed by atoms with E-state index in [1.165, 1.54) is 4.90 Å². The number of hydrogen-bond donors (Lipinski definition) is 1. The van der Waals surface area contributed by atoms with Gasteiger partial charge in [0.05, 0.1) is 0 Å². The number of allylic oxidation sites excluding steroid dienone is 1. The second-order valence-corrected chi connectivity index (χ2v) is 6.55. The molecule has 0 aliphatic heterocycles. The average Bonchev–Trinajstić information content (AvgIpc) is 2.99. The van der Waals surface area contributed by atoms with Crippen molar-refractivity contribution in [2.24, 2.45) is 0 Å². The Kier molecular flexibility index (Phi) is 5.91. The number of benzene rings is 2. The molecule has 0 fully saturated rings. The maximum atomic E-state index is 12.5. The lowest BCUT2D eigenvalue weighted by atomic mass is 9.98. The van der Waals surface area contributed by atoms with E-state index in [4.69, 9.17) is 9.84 Å². The van der Waals surface area contributed by atoms with Crippen molar-refractivity contribution in [3.05, 3.63) is 72.3 Å². The molecule has 0 atom stereocenters. The van der Waals surface area contributed by atoms with Gasteiger partial charge in [-0.2, -0.15) is 0 Å². The van der Waals surface area contributed by atoms with Gasteiger partial charge in [-0.3, -0.25) is 9.69 Å². The Labute approximate surface area is 158 Å². The first kappa shape index (κ1) is 18.7. The second kappa shape index (κ2) is 8.54. The highest BCUT2D eigenvalue weighted by molar-refractivity contribution is 5.79. The molecule has 0 unspecified atom stereocenters. The van der Waals surface area contributed by atoms with Gasteiger partial charge in [-0.05, 0) is 35.1 Å². The van der Waals surface area contributed by atoms with E-state index in [1.54, 1.807) is 6.08 Å². The summed E-state index contributed by atoms with van der Waals surface area (Å²) in [6.07, 6.45) is 2.52. The van der Waals surface area contributed by atoms with E-state index in [0.29, 0.717) is 19.4 Å². The van der Waals surface area contributed by atoms with E-state index in [9.17, 15) is 9.59 Å². The number of carbonyl (C=O) groups is 2. The third kappa shape index (κ3) is 4.19. The van der Waals surface area contributed by atoms with E-state index >= 15 is 0 Å². The quantitative estimate of drug-likeness (QED) is 0.560. The van der Waals surface area contributed by atoms with Gasteiger partial charge in [0.25, 0.3) is 0 Å². The molecule has 140 valence electrons. The first-order chi connectivity index (χ1) is 13.1. The lowest BCUT2D eigenvalue weighted by Crippen LogP contribution is -2.37. The van der Waals surface area contributed by atoms with Crippen molar-refractivity contribution in [1.82, 2.24) is 4.90 Å². The highest BCUT2D eigenvalue weighted by Crippen LogP contribution is 2.44. The number of carboxylic acid groups (broad SMARTS) is 1. The average molecular weight is 365 g/mol. The van der Waals surface area contributed by atoms with Crippen LogP contribution in [0.2, 0.25) is 0 Å². The molecular formula is C22H23NO4. The minimum absolute atomic E-state index is 0.0406. The van der Waals surface area contributed by atoms with E-state index < -0.39 is 12.1 Å². The monoisotopic (exact) mass is 365 g/mol. The van der Waals surface area contributed by atoms with Crippen LogP contribution in [0.5, 0.6) is 0 Å². The fourth-order valence-corrected chi connectivity index (χ4v) is 3.51. The molecule has 0 saturated carbocycles. The minimum Gasteiger partial charge on any atom is -0.480 e. The summed E-state index contributed by atoms with van der Waals surface area (Å²) >= 11 is 0. The molecule has 0 heterocycles. The minimum atomic E-state index is -1.05. The van der Waals surface area contributed by atoms with Crippen LogP contribution in [0.3, 0.4) is 0 Å². The smallest absolute Gasteiger partial charge is 0.410 e. The van der Waals surface area contributed by atoms with Crippen LogP contribution in [-0.4, -0.2) is 41.8 Å². The second-order valence-electron chi connectivity index (χ2n) is 6.55. The maximum absolute atomic E-state index is 12.5. The van der Waals surface area contributed by atoms with Gasteiger partial charge >= 0.3 is 12.1 Å². The van der Waals surface area contributed by atoms with Crippen molar-refractivity contribution < 1.29 is 19.4 Å². The summed E-state index contributed by atoms with van der Waals surface area (Å²) in [5.41, 5.74) is 4.57. The molecule has 5 heteroatoms. The van der Waals surface area contributed by atoms with Crippen LogP contribution in [0.1, 0.15) is 29.9 Å². The van der Waals surface area contributed by atoms with Crippen molar-refractivity contribution in [2.45, 2.75) is 18.8 Å². The number of carbonyl (C=O) groups excluding carboxylic acids is 1. The van der Waals surface area contributed by atoms with Crippen LogP contribution in [0, 0.1) is 0 Å². The number of unbranched alkanes of at least 4 members (excludes halogenated alkanes) is 1. The Hall–Kier alpha value is -3.08. The highest BCUT2D eigenvalue weighted by Gasteiger charge is 2.29. The predicted molar refractivity (Wildman–Crippen MR) is 104 cm³/mol. The molecule has 5 nitrogen and oxygen atoms in total. The molecule has 0 radical (unpaired) electrons. The van der Waals surface area contributed by atoms with Crippen LogP contribution in [0.15, 0.2) is 61.2 Å². The van der Waals surface area contributed by atoms with Crippen molar-refractivity contribution >= 4 is 12.1 Å². The molecule has 0 bridgehead atoms. The molecule has 0 saturated heterocycles. The summed E-state index contributed by atoms with van der Waals surface area (Å²) in [5.74, 6) is -1.09. The normalized spacial score (nSPS) is 12.1. The fraction of sp³-hybridized carbons (Fsp3) is 0.273. The van der Waals surface area contributed by atoms with E-state index in [-0.39, 0.29) is 19.1 Å². The number of hydrogen-bond acceptors (Lipinski definition) is 3. The number of amides is 1. The Morgan fingerprint density at radius 2 is 1.67 bits per heavy atom. The maximum Gasteiger partial charge on any atom is 0.410 e. The fourth-order valence-electron chi connectivity index (χ4n) is 3.51. The van der Waals surface area contributed by atoms with Crippen molar-refractivity contribution in [3.8, 4) is 11.1 Å². The zero-order valence-electron chi connectivity index (χ0n) is 15.1. The standard InChI is InChI=1S/C22H23NO4/c1-2-3-8-13-23(14-21(24)25)22(26)27-15-20-18-11-6-4-9-16(18)17-10-5-7-12-19(17)20/h2,4-7,9-12,20H,1,3,8,13-15H2,(H,24,25). The summed E-state index contributed by atoms with van der Waals surface area (Å²) < 4.78 is 5.53. The Bertz CT molecular complexity index is 800. The number of aliphatic carboxylic acids is 1. The van der Waals surface area contributed by atoms with Gasteiger partial charge in [-0.25, -0.2) is 4.79 Å². The lowest BCUT2D eigenvalue weighted by Gasteiger charge is -2.22. The van der Waals surface area contributed by atoms with E-state index in [2.05, 4.69) is 18.7 Å². The predicted octanol–water partition coefficient (Wildman–Crippen LogP) is 4.29. The zero-order chi connectivity index (χ0) is 19.2. The molecule has 3 rings (SSSR count). The SMILES string of the molecule is C=CCCCN(CC(=O)O)C(=O)OCC1c2ccccc2-c2ccccc21. The van der Waals surface area contributed by atoms with Gasteiger partial charge in [0, 0.05) is 12.5 Å². The van der Waals surface area contributed by atoms with Gasteiger partial charge in [-0.1, -0.05) is 54.6 Å².